The molecular weight excluding hydrogens is 269 g/mol. The molecule has 0 saturated carbocycles. The molecule has 0 aliphatic rings. The third kappa shape index (κ3) is 3.10. The Morgan fingerprint density at radius 2 is 2.00 bits per heavy atom. The van der Waals surface area contributed by atoms with Crippen molar-refractivity contribution >= 4 is 22.9 Å². The molecule has 0 bridgehead atoms. The van der Waals surface area contributed by atoms with Gasteiger partial charge < -0.3 is 5.32 Å². The second kappa shape index (κ2) is 5.83. The Morgan fingerprint density at radius 3 is 2.61 bits per heavy atom. The highest BCUT2D eigenvalue weighted by Crippen LogP contribution is 2.24. The van der Waals surface area contributed by atoms with E-state index in [0.29, 0.717) is 0 Å². The molecule has 1 N–H and O–H groups in total. The van der Waals surface area contributed by atoms with Gasteiger partial charge in [-0.15, -0.1) is 11.3 Å². The summed E-state index contributed by atoms with van der Waals surface area (Å²) in [4.78, 5) is 1.27. The van der Waals surface area contributed by atoms with Crippen LogP contribution in [0.15, 0.2) is 35.7 Å². The van der Waals surface area contributed by atoms with Gasteiger partial charge in [-0.05, 0) is 43.0 Å². The van der Waals surface area contributed by atoms with Gasteiger partial charge in [0, 0.05) is 17.0 Å². The van der Waals surface area contributed by atoms with Gasteiger partial charge in [0.15, 0.2) is 0 Å². The van der Waals surface area contributed by atoms with E-state index >= 15 is 0 Å². The first-order chi connectivity index (χ1) is 8.58. The number of hydrogen-bond acceptors (Lipinski definition) is 2. The first-order valence-electron chi connectivity index (χ1n) is 5.82. The van der Waals surface area contributed by atoms with Crippen molar-refractivity contribution < 1.29 is 4.39 Å². The van der Waals surface area contributed by atoms with Crippen molar-refractivity contribution in [2.24, 2.45) is 0 Å². The molecule has 0 aliphatic carbocycles. The van der Waals surface area contributed by atoms with E-state index in [-0.39, 0.29) is 22.9 Å². The van der Waals surface area contributed by atoms with Crippen LogP contribution in [0.5, 0.6) is 0 Å². The molecule has 2 unspecified atom stereocenters. The maximum absolute atomic E-state index is 13.4. The number of nitrogens with one attached hydrogen (secondary N) is 1. The van der Waals surface area contributed by atoms with Crippen molar-refractivity contribution in [3.8, 4) is 0 Å². The summed E-state index contributed by atoms with van der Waals surface area (Å²) in [5.74, 6) is -0.369. The molecule has 96 valence electrons. The third-order valence-electron chi connectivity index (χ3n) is 2.91. The molecule has 2 rings (SSSR count). The minimum absolute atomic E-state index is 0.0777. The molecule has 2 atom stereocenters. The van der Waals surface area contributed by atoms with E-state index in [9.17, 15) is 4.39 Å². The van der Waals surface area contributed by atoms with Crippen LogP contribution in [-0.4, -0.2) is 0 Å². The molecule has 18 heavy (non-hydrogen) atoms. The quantitative estimate of drug-likeness (QED) is 0.837. The molecule has 0 amide bonds. The van der Waals surface area contributed by atoms with Crippen LogP contribution < -0.4 is 5.32 Å². The molecular formula is C14H15ClFNS. The van der Waals surface area contributed by atoms with Gasteiger partial charge in [0.05, 0.1) is 5.02 Å². The van der Waals surface area contributed by atoms with Crippen LogP contribution in [0.4, 0.5) is 4.39 Å². The van der Waals surface area contributed by atoms with E-state index in [1.807, 2.05) is 19.1 Å². The van der Waals surface area contributed by atoms with Gasteiger partial charge in [-0.25, -0.2) is 4.39 Å². The number of thiophene rings is 1. The number of rotatable bonds is 4. The fourth-order valence-electron chi connectivity index (χ4n) is 1.87. The molecule has 1 heterocycles. The summed E-state index contributed by atoms with van der Waals surface area (Å²) in [6, 6.07) is 9.39. The summed E-state index contributed by atoms with van der Waals surface area (Å²) in [6.07, 6.45) is 0. The maximum atomic E-state index is 13.4. The number of halogens is 2. The van der Waals surface area contributed by atoms with Crippen molar-refractivity contribution in [3.05, 3.63) is 57.0 Å². The second-order valence-corrected chi connectivity index (χ2v) is 5.69. The average molecular weight is 284 g/mol. The summed E-state index contributed by atoms with van der Waals surface area (Å²) < 4.78 is 13.4. The highest BCUT2D eigenvalue weighted by Gasteiger charge is 2.13. The molecule has 1 nitrogen and oxygen atoms in total. The van der Waals surface area contributed by atoms with Crippen molar-refractivity contribution in [1.29, 1.82) is 0 Å². The van der Waals surface area contributed by atoms with Gasteiger partial charge in [0.1, 0.15) is 5.82 Å². The van der Waals surface area contributed by atoms with Crippen molar-refractivity contribution in [3.63, 3.8) is 0 Å². The molecule has 0 spiro atoms. The largest absolute Gasteiger partial charge is 0.303 e. The zero-order valence-corrected chi connectivity index (χ0v) is 11.9. The van der Waals surface area contributed by atoms with Crippen LogP contribution in [0.2, 0.25) is 5.02 Å². The maximum Gasteiger partial charge on any atom is 0.142 e. The van der Waals surface area contributed by atoms with Gasteiger partial charge >= 0.3 is 0 Å². The Kier molecular flexibility index (Phi) is 4.38. The first-order valence-corrected chi connectivity index (χ1v) is 7.08. The fraction of sp³-hybridized carbons (Fsp3) is 0.286. The Balaban J connectivity index is 2.07. The first kappa shape index (κ1) is 13.5. The smallest absolute Gasteiger partial charge is 0.142 e. The number of hydrogen-bond donors (Lipinski definition) is 1. The topological polar surface area (TPSA) is 12.0 Å². The van der Waals surface area contributed by atoms with Gasteiger partial charge in [-0.3, -0.25) is 0 Å². The molecule has 0 aliphatic heterocycles. The lowest BCUT2D eigenvalue weighted by atomic mass is 10.1. The third-order valence-corrected chi connectivity index (χ3v) is 4.28. The van der Waals surface area contributed by atoms with E-state index in [1.165, 1.54) is 10.9 Å². The van der Waals surface area contributed by atoms with Crippen LogP contribution in [0, 0.1) is 5.82 Å². The average Bonchev–Trinajstić information content (AvgIpc) is 2.86. The Labute approximate surface area is 116 Å². The lowest BCUT2D eigenvalue weighted by molar-refractivity contribution is 0.497. The predicted molar refractivity (Wildman–Crippen MR) is 75.7 cm³/mol. The van der Waals surface area contributed by atoms with E-state index in [2.05, 4.69) is 23.7 Å². The molecule has 2 aromatic rings. The molecule has 0 fully saturated rings. The molecule has 0 radical (unpaired) electrons. The van der Waals surface area contributed by atoms with E-state index < -0.39 is 0 Å². The highest BCUT2D eigenvalue weighted by molar-refractivity contribution is 7.10. The minimum atomic E-state index is -0.369. The summed E-state index contributed by atoms with van der Waals surface area (Å²) in [7, 11) is 0. The van der Waals surface area contributed by atoms with E-state index in [1.54, 1.807) is 17.4 Å². The summed E-state index contributed by atoms with van der Waals surface area (Å²) in [6.45, 7) is 4.13. The predicted octanol–water partition coefficient (Wildman–Crippen LogP) is 4.95. The SMILES string of the molecule is CC(NC(C)c1cccs1)c1ccc(Cl)c(F)c1. The van der Waals surface area contributed by atoms with Crippen LogP contribution in [0.1, 0.15) is 36.4 Å². The van der Waals surface area contributed by atoms with Crippen LogP contribution in [-0.2, 0) is 0 Å². The zero-order valence-electron chi connectivity index (χ0n) is 10.3. The lowest BCUT2D eigenvalue weighted by Gasteiger charge is -2.19. The van der Waals surface area contributed by atoms with Crippen LogP contribution in [0.25, 0.3) is 0 Å². The zero-order chi connectivity index (χ0) is 13.1. The van der Waals surface area contributed by atoms with Gasteiger partial charge in [0.25, 0.3) is 0 Å². The monoisotopic (exact) mass is 283 g/mol. The van der Waals surface area contributed by atoms with Crippen molar-refractivity contribution in [1.82, 2.24) is 5.32 Å². The minimum Gasteiger partial charge on any atom is -0.303 e. The summed E-state index contributed by atoms with van der Waals surface area (Å²) in [5, 5.41) is 5.67. The van der Waals surface area contributed by atoms with Crippen molar-refractivity contribution in [2.75, 3.05) is 0 Å². The van der Waals surface area contributed by atoms with Crippen LogP contribution >= 0.6 is 22.9 Å². The molecule has 1 aromatic heterocycles. The van der Waals surface area contributed by atoms with Crippen molar-refractivity contribution in [2.45, 2.75) is 25.9 Å². The standard InChI is InChI=1S/C14H15ClFNS/c1-9(11-5-6-12(15)13(16)8-11)17-10(2)14-4-3-7-18-14/h3-10,17H,1-2H3. The molecule has 0 saturated heterocycles. The van der Waals surface area contributed by atoms with Gasteiger partial charge in [-0.1, -0.05) is 23.7 Å². The second-order valence-electron chi connectivity index (χ2n) is 4.30. The van der Waals surface area contributed by atoms with E-state index in [4.69, 9.17) is 11.6 Å². The number of benzene rings is 1. The molecule has 4 heteroatoms. The van der Waals surface area contributed by atoms with E-state index in [0.717, 1.165) is 5.56 Å². The molecule has 1 aromatic carbocycles. The Morgan fingerprint density at radius 1 is 1.22 bits per heavy atom. The van der Waals surface area contributed by atoms with Gasteiger partial charge in [0.2, 0.25) is 0 Å². The Hall–Kier alpha value is -0.900. The highest BCUT2D eigenvalue weighted by atomic mass is 35.5. The van der Waals surface area contributed by atoms with Gasteiger partial charge in [-0.2, -0.15) is 0 Å². The van der Waals surface area contributed by atoms with Crippen LogP contribution in [0.3, 0.4) is 0 Å². The summed E-state index contributed by atoms with van der Waals surface area (Å²) >= 11 is 7.39. The Bertz CT molecular complexity index is 513. The fourth-order valence-corrected chi connectivity index (χ4v) is 2.73. The summed E-state index contributed by atoms with van der Waals surface area (Å²) in [5.41, 5.74) is 0.903. The normalized spacial score (nSPS) is 14.4. The lowest BCUT2D eigenvalue weighted by Crippen LogP contribution is -2.21.